The fraction of sp³-hybridized carbons (Fsp3) is 0.154. The van der Waals surface area contributed by atoms with Crippen molar-refractivity contribution in [3.05, 3.63) is 71.5 Å². The van der Waals surface area contributed by atoms with E-state index < -0.39 is 23.6 Å². The summed E-state index contributed by atoms with van der Waals surface area (Å²) in [5, 5.41) is 17.3. The van der Waals surface area contributed by atoms with Crippen LogP contribution >= 0.6 is 11.3 Å². The number of fused-ring (bicyclic) bond motifs is 1. The van der Waals surface area contributed by atoms with Crippen LogP contribution in [0.3, 0.4) is 0 Å². The van der Waals surface area contributed by atoms with Crippen molar-refractivity contribution < 1.29 is 31.9 Å². The second-order valence-corrected chi connectivity index (χ2v) is 9.58. The predicted molar refractivity (Wildman–Crippen MR) is 136 cm³/mol. The lowest BCUT2D eigenvalue weighted by Gasteiger charge is -2.13. The van der Waals surface area contributed by atoms with Crippen LogP contribution in [0, 0.1) is 23.1 Å². The number of ether oxygens (including phenoxy) is 1. The lowest BCUT2D eigenvalue weighted by molar-refractivity contribution is -0.137. The number of alkyl halides is 3. The smallest absolute Gasteiger partial charge is 0.416 e. The number of halogens is 4. The Kier molecular flexibility index (Phi) is 6.80. The molecular weight excluding hydrogens is 538 g/mol. The number of urea groups is 1. The summed E-state index contributed by atoms with van der Waals surface area (Å²) in [6.45, 7) is 0. The summed E-state index contributed by atoms with van der Waals surface area (Å²) in [5.74, 6) is -0.740. The molecule has 5 rings (SSSR count). The highest BCUT2D eigenvalue weighted by Gasteiger charge is 2.31. The molecule has 39 heavy (non-hydrogen) atoms. The summed E-state index contributed by atoms with van der Waals surface area (Å²) in [7, 11) is 0. The van der Waals surface area contributed by atoms with E-state index in [2.05, 4.69) is 27.0 Å². The predicted octanol–water partition coefficient (Wildman–Crippen LogP) is 7.11. The van der Waals surface area contributed by atoms with Crippen LogP contribution in [0.25, 0.3) is 10.2 Å². The van der Waals surface area contributed by atoms with Gasteiger partial charge in [0.15, 0.2) is 5.13 Å². The minimum Gasteiger partial charge on any atom is -0.456 e. The number of nitrogens with zero attached hydrogens (tertiary/aromatic N) is 2. The molecule has 1 aliphatic rings. The number of rotatable bonds is 6. The van der Waals surface area contributed by atoms with Crippen molar-refractivity contribution in [1.82, 2.24) is 4.98 Å². The maximum atomic E-state index is 14.4. The standard InChI is InChI=1S/C26H17F4N5O3S/c27-18-7-6-16(11-20(18)33-24(37)32-15-3-1-2-14(10-15)26(28,29)30)38-21-9-8-19-22(17(21)12-31)39-25(34-19)35-23(36)13-4-5-13/h1-3,6-11,13H,4-5H2,(H2,32,33,37)(H,34,35,36). The number of anilines is 3. The van der Waals surface area contributed by atoms with E-state index in [1.807, 2.05) is 0 Å². The van der Waals surface area contributed by atoms with Gasteiger partial charge in [-0.1, -0.05) is 17.4 Å². The van der Waals surface area contributed by atoms with E-state index in [-0.39, 0.29) is 40.3 Å². The van der Waals surface area contributed by atoms with Crippen molar-refractivity contribution in [3.8, 4) is 17.6 Å². The summed E-state index contributed by atoms with van der Waals surface area (Å²) in [6, 6.07) is 11.7. The molecule has 13 heteroatoms. The van der Waals surface area contributed by atoms with E-state index in [0.29, 0.717) is 15.3 Å². The lowest BCUT2D eigenvalue weighted by atomic mass is 10.2. The van der Waals surface area contributed by atoms with Crippen LogP contribution in [-0.4, -0.2) is 16.9 Å². The fourth-order valence-corrected chi connectivity index (χ4v) is 4.58. The molecule has 0 spiro atoms. The van der Waals surface area contributed by atoms with Crippen LogP contribution in [0.1, 0.15) is 24.0 Å². The number of carbonyl (C=O) groups is 2. The van der Waals surface area contributed by atoms with Gasteiger partial charge in [0.1, 0.15) is 28.9 Å². The summed E-state index contributed by atoms with van der Waals surface area (Å²) < 4.78 is 59.5. The van der Waals surface area contributed by atoms with E-state index in [1.165, 1.54) is 24.3 Å². The SMILES string of the molecule is N#Cc1c(Oc2ccc(F)c(NC(=O)Nc3cccc(C(F)(F)F)c3)c2)ccc2nc(NC(=O)C3CC3)sc12. The highest BCUT2D eigenvalue weighted by atomic mass is 32.1. The maximum absolute atomic E-state index is 14.4. The molecule has 1 heterocycles. The van der Waals surface area contributed by atoms with Crippen molar-refractivity contribution in [2.75, 3.05) is 16.0 Å². The molecule has 198 valence electrons. The molecule has 0 unspecified atom stereocenters. The van der Waals surface area contributed by atoms with Gasteiger partial charge in [0.25, 0.3) is 0 Å². The number of hydrogen-bond acceptors (Lipinski definition) is 6. The van der Waals surface area contributed by atoms with Gasteiger partial charge in [0.2, 0.25) is 5.91 Å². The number of hydrogen-bond donors (Lipinski definition) is 3. The summed E-state index contributed by atoms with van der Waals surface area (Å²) in [4.78, 5) is 28.8. The van der Waals surface area contributed by atoms with Crippen LogP contribution in [0.4, 0.5) is 38.9 Å². The first-order chi connectivity index (χ1) is 18.6. The van der Waals surface area contributed by atoms with Crippen LogP contribution in [0.2, 0.25) is 0 Å². The number of thiazole rings is 1. The number of nitriles is 1. The van der Waals surface area contributed by atoms with Gasteiger partial charge in [-0.05, 0) is 55.3 Å². The normalized spacial score (nSPS) is 13.0. The second-order valence-electron chi connectivity index (χ2n) is 8.58. The Bertz CT molecular complexity index is 1640. The van der Waals surface area contributed by atoms with Crippen molar-refractivity contribution in [2.45, 2.75) is 19.0 Å². The van der Waals surface area contributed by atoms with Crippen LogP contribution in [0.5, 0.6) is 11.5 Å². The fourth-order valence-electron chi connectivity index (χ4n) is 3.62. The first-order valence-electron chi connectivity index (χ1n) is 11.5. The molecule has 0 bridgehead atoms. The number of aromatic nitrogens is 1. The van der Waals surface area contributed by atoms with Gasteiger partial charge in [0.05, 0.1) is 21.5 Å². The molecule has 0 saturated heterocycles. The highest BCUT2D eigenvalue weighted by Crippen LogP contribution is 2.38. The van der Waals surface area contributed by atoms with E-state index in [0.717, 1.165) is 48.4 Å². The van der Waals surface area contributed by atoms with E-state index >= 15 is 0 Å². The zero-order valence-electron chi connectivity index (χ0n) is 19.7. The van der Waals surface area contributed by atoms with Crippen molar-refractivity contribution >= 4 is 50.0 Å². The molecule has 1 aromatic heterocycles. The molecule has 1 aliphatic carbocycles. The Labute approximate surface area is 222 Å². The first-order valence-corrected chi connectivity index (χ1v) is 12.3. The third-order valence-corrected chi connectivity index (χ3v) is 6.68. The Morgan fingerprint density at radius 1 is 1.05 bits per heavy atom. The van der Waals surface area contributed by atoms with E-state index in [9.17, 15) is 32.4 Å². The number of carbonyl (C=O) groups excluding carboxylic acids is 2. The molecule has 3 amide bonds. The van der Waals surface area contributed by atoms with Gasteiger partial charge in [-0.15, -0.1) is 0 Å². The van der Waals surface area contributed by atoms with Gasteiger partial charge in [0, 0.05) is 17.7 Å². The monoisotopic (exact) mass is 555 g/mol. The summed E-state index contributed by atoms with van der Waals surface area (Å²) in [5.41, 5.74) is -0.759. The third kappa shape index (κ3) is 5.91. The molecule has 0 atom stereocenters. The topological polar surface area (TPSA) is 116 Å². The third-order valence-electron chi connectivity index (χ3n) is 5.67. The molecule has 0 aliphatic heterocycles. The second kappa shape index (κ2) is 10.2. The Morgan fingerprint density at radius 2 is 1.85 bits per heavy atom. The average molecular weight is 556 g/mol. The number of amides is 3. The molecule has 4 aromatic rings. The van der Waals surface area contributed by atoms with Crippen molar-refractivity contribution in [3.63, 3.8) is 0 Å². The Hall–Kier alpha value is -4.70. The molecule has 1 fully saturated rings. The van der Waals surface area contributed by atoms with Gasteiger partial charge < -0.3 is 20.7 Å². The molecule has 3 N–H and O–H groups in total. The lowest BCUT2D eigenvalue weighted by Crippen LogP contribution is -2.20. The zero-order valence-corrected chi connectivity index (χ0v) is 20.5. The minimum atomic E-state index is -4.59. The summed E-state index contributed by atoms with van der Waals surface area (Å²) >= 11 is 1.12. The van der Waals surface area contributed by atoms with Gasteiger partial charge in [-0.3, -0.25) is 4.79 Å². The maximum Gasteiger partial charge on any atom is 0.416 e. The molecule has 0 radical (unpaired) electrons. The molecule has 3 aromatic carbocycles. The molecule has 1 saturated carbocycles. The van der Waals surface area contributed by atoms with Crippen molar-refractivity contribution in [2.24, 2.45) is 5.92 Å². The van der Waals surface area contributed by atoms with E-state index in [1.54, 1.807) is 6.07 Å². The quantitative estimate of drug-likeness (QED) is 0.219. The Balaban J connectivity index is 1.33. The minimum absolute atomic E-state index is 0.0141. The summed E-state index contributed by atoms with van der Waals surface area (Å²) in [6.07, 6.45) is -2.93. The Morgan fingerprint density at radius 3 is 2.56 bits per heavy atom. The van der Waals surface area contributed by atoms with Gasteiger partial charge in [-0.25, -0.2) is 14.2 Å². The highest BCUT2D eigenvalue weighted by molar-refractivity contribution is 7.22. The molecule has 8 nitrogen and oxygen atoms in total. The van der Waals surface area contributed by atoms with Crippen LogP contribution in [-0.2, 0) is 11.0 Å². The average Bonchev–Trinajstić information content (AvgIpc) is 3.66. The number of nitrogens with one attached hydrogen (secondary N) is 3. The van der Waals surface area contributed by atoms with Gasteiger partial charge in [-0.2, -0.15) is 18.4 Å². The van der Waals surface area contributed by atoms with Crippen LogP contribution < -0.4 is 20.7 Å². The number of benzene rings is 3. The van der Waals surface area contributed by atoms with Crippen LogP contribution in [0.15, 0.2) is 54.6 Å². The zero-order chi connectivity index (χ0) is 27.7. The van der Waals surface area contributed by atoms with Gasteiger partial charge >= 0.3 is 12.2 Å². The first kappa shape index (κ1) is 25.9. The molecular formula is C26H17F4N5O3S. The van der Waals surface area contributed by atoms with E-state index in [4.69, 9.17) is 4.74 Å². The largest absolute Gasteiger partial charge is 0.456 e. The van der Waals surface area contributed by atoms with Crippen molar-refractivity contribution in [1.29, 1.82) is 5.26 Å².